The van der Waals surface area contributed by atoms with Gasteiger partial charge in [0.25, 0.3) is 0 Å². The minimum atomic E-state index is -0.853. The molecule has 0 aromatic heterocycles. The first-order chi connectivity index (χ1) is 8.67. The van der Waals surface area contributed by atoms with Crippen LogP contribution in [0.4, 0.5) is 8.78 Å². The largest absolute Gasteiger partial charge is 0.206 e. The highest BCUT2D eigenvalue weighted by atomic mass is 19.1. The van der Waals surface area contributed by atoms with Crippen molar-refractivity contribution in [2.45, 2.75) is 0 Å². The highest BCUT2D eigenvalue weighted by Crippen LogP contribution is 2.29. The second-order valence-corrected chi connectivity index (χ2v) is 3.58. The summed E-state index contributed by atoms with van der Waals surface area (Å²) in [5.41, 5.74) is -0.0196. The number of hydrogen-bond acceptors (Lipinski definition) is 2. The zero-order chi connectivity index (χ0) is 13.1. The van der Waals surface area contributed by atoms with Crippen LogP contribution in [0.5, 0.6) is 0 Å². The molecule has 0 aliphatic heterocycles. The van der Waals surface area contributed by atoms with E-state index in [1.807, 2.05) is 6.07 Å². The lowest BCUT2D eigenvalue weighted by molar-refractivity contribution is 0.589. The van der Waals surface area contributed by atoms with Gasteiger partial charge in [0.15, 0.2) is 0 Å². The zero-order valence-electron chi connectivity index (χ0n) is 9.11. The summed E-state index contributed by atoms with van der Waals surface area (Å²) in [6.45, 7) is 0. The average Bonchev–Trinajstić information content (AvgIpc) is 2.38. The third-order valence-electron chi connectivity index (χ3n) is 2.49. The molecule has 0 spiro atoms. The molecule has 86 valence electrons. The van der Waals surface area contributed by atoms with Crippen LogP contribution in [0.3, 0.4) is 0 Å². The summed E-state index contributed by atoms with van der Waals surface area (Å²) in [6.07, 6.45) is 0. The highest BCUT2D eigenvalue weighted by Gasteiger charge is 2.15. The van der Waals surface area contributed by atoms with Crippen molar-refractivity contribution in [2.75, 3.05) is 0 Å². The number of nitrogens with zero attached hydrogens (tertiary/aromatic N) is 2. The number of rotatable bonds is 1. The standard InChI is InChI=1S/C14H6F2N2/c15-12-5-9(7-17)6-13(16)14(12)11-4-2-1-3-10(11)8-18/h1-6H. The van der Waals surface area contributed by atoms with Crippen molar-refractivity contribution in [1.29, 1.82) is 10.5 Å². The van der Waals surface area contributed by atoms with Gasteiger partial charge in [0.05, 0.1) is 28.8 Å². The number of nitriles is 2. The number of halogens is 2. The molecule has 0 bridgehead atoms. The van der Waals surface area contributed by atoms with E-state index in [4.69, 9.17) is 10.5 Å². The third-order valence-corrected chi connectivity index (χ3v) is 2.49. The Balaban J connectivity index is 2.74. The lowest BCUT2D eigenvalue weighted by Crippen LogP contribution is -1.94. The third kappa shape index (κ3) is 1.92. The molecule has 0 amide bonds. The molecule has 0 saturated carbocycles. The van der Waals surface area contributed by atoms with Crippen LogP contribution in [0.25, 0.3) is 11.1 Å². The van der Waals surface area contributed by atoms with Crippen LogP contribution in [0.2, 0.25) is 0 Å². The molecular weight excluding hydrogens is 234 g/mol. The molecule has 0 N–H and O–H groups in total. The van der Waals surface area contributed by atoms with Crippen LogP contribution in [0.15, 0.2) is 36.4 Å². The average molecular weight is 240 g/mol. The van der Waals surface area contributed by atoms with Gasteiger partial charge in [-0.15, -0.1) is 0 Å². The van der Waals surface area contributed by atoms with Crippen LogP contribution in [0, 0.1) is 34.3 Å². The molecule has 2 aromatic carbocycles. The van der Waals surface area contributed by atoms with Crippen molar-refractivity contribution < 1.29 is 8.78 Å². The van der Waals surface area contributed by atoms with Crippen molar-refractivity contribution >= 4 is 0 Å². The predicted octanol–water partition coefficient (Wildman–Crippen LogP) is 3.38. The molecule has 2 aromatic rings. The smallest absolute Gasteiger partial charge is 0.135 e. The summed E-state index contributed by atoms with van der Waals surface area (Å²) < 4.78 is 27.6. The lowest BCUT2D eigenvalue weighted by atomic mass is 9.98. The first-order valence-corrected chi connectivity index (χ1v) is 5.06. The molecule has 2 rings (SSSR count). The molecular formula is C14H6F2N2. The van der Waals surface area contributed by atoms with Gasteiger partial charge in [-0.2, -0.15) is 10.5 Å². The number of hydrogen-bond donors (Lipinski definition) is 0. The van der Waals surface area contributed by atoms with Crippen molar-refractivity contribution in [2.24, 2.45) is 0 Å². The van der Waals surface area contributed by atoms with Crippen molar-refractivity contribution in [3.63, 3.8) is 0 Å². The summed E-state index contributed by atoms with van der Waals surface area (Å²) in [7, 11) is 0. The van der Waals surface area contributed by atoms with Gasteiger partial charge in [0.2, 0.25) is 0 Å². The van der Waals surface area contributed by atoms with Crippen LogP contribution in [-0.2, 0) is 0 Å². The van der Waals surface area contributed by atoms with Gasteiger partial charge in [-0.05, 0) is 18.2 Å². The van der Waals surface area contributed by atoms with E-state index in [2.05, 4.69) is 0 Å². The Labute approximate surface area is 102 Å². The van der Waals surface area contributed by atoms with Crippen molar-refractivity contribution in [1.82, 2.24) is 0 Å². The van der Waals surface area contributed by atoms with Crippen LogP contribution < -0.4 is 0 Å². The Bertz CT molecular complexity index is 671. The van der Waals surface area contributed by atoms with Gasteiger partial charge in [-0.3, -0.25) is 0 Å². The topological polar surface area (TPSA) is 47.6 Å². The predicted molar refractivity (Wildman–Crippen MR) is 61.2 cm³/mol. The van der Waals surface area contributed by atoms with Crippen molar-refractivity contribution in [3.8, 4) is 23.3 Å². The van der Waals surface area contributed by atoms with E-state index in [1.54, 1.807) is 18.2 Å². The Morgan fingerprint density at radius 3 is 2.06 bits per heavy atom. The van der Waals surface area contributed by atoms with Gasteiger partial charge in [-0.1, -0.05) is 18.2 Å². The van der Waals surface area contributed by atoms with E-state index >= 15 is 0 Å². The van der Waals surface area contributed by atoms with Gasteiger partial charge in [0.1, 0.15) is 11.6 Å². The molecule has 4 heteroatoms. The van der Waals surface area contributed by atoms with E-state index in [9.17, 15) is 8.78 Å². The van der Waals surface area contributed by atoms with E-state index in [1.165, 1.54) is 12.1 Å². The normalized spacial score (nSPS) is 9.56. The molecule has 2 nitrogen and oxygen atoms in total. The molecule has 0 heterocycles. The molecule has 0 aliphatic rings. The maximum Gasteiger partial charge on any atom is 0.135 e. The molecule has 0 saturated heterocycles. The number of benzene rings is 2. The first-order valence-electron chi connectivity index (χ1n) is 5.06. The molecule has 0 unspecified atom stereocenters. The Kier molecular flexibility index (Phi) is 3.03. The zero-order valence-corrected chi connectivity index (χ0v) is 9.11. The summed E-state index contributed by atoms with van der Waals surface area (Å²) in [5.74, 6) is -1.71. The quantitative estimate of drug-likeness (QED) is 0.767. The molecule has 0 fully saturated rings. The van der Waals surface area contributed by atoms with E-state index in [0.717, 1.165) is 12.1 Å². The summed E-state index contributed by atoms with van der Waals surface area (Å²) in [5, 5.41) is 17.5. The summed E-state index contributed by atoms with van der Waals surface area (Å²) in [6, 6.07) is 11.6. The maximum atomic E-state index is 13.8. The molecule has 18 heavy (non-hydrogen) atoms. The van der Waals surface area contributed by atoms with Gasteiger partial charge in [-0.25, -0.2) is 8.78 Å². The van der Waals surface area contributed by atoms with Gasteiger partial charge >= 0.3 is 0 Å². The molecule has 0 atom stereocenters. The lowest BCUT2D eigenvalue weighted by Gasteiger charge is -2.07. The first kappa shape index (κ1) is 11.8. The van der Waals surface area contributed by atoms with Crippen LogP contribution >= 0.6 is 0 Å². The van der Waals surface area contributed by atoms with Crippen LogP contribution in [0.1, 0.15) is 11.1 Å². The van der Waals surface area contributed by atoms with Crippen molar-refractivity contribution in [3.05, 3.63) is 59.2 Å². The Hall–Kier alpha value is -2.72. The maximum absolute atomic E-state index is 13.8. The van der Waals surface area contributed by atoms with Gasteiger partial charge in [0, 0.05) is 5.56 Å². The van der Waals surface area contributed by atoms with Crippen LogP contribution in [-0.4, -0.2) is 0 Å². The van der Waals surface area contributed by atoms with E-state index < -0.39 is 11.6 Å². The Morgan fingerprint density at radius 1 is 0.889 bits per heavy atom. The fraction of sp³-hybridized carbons (Fsp3) is 0. The highest BCUT2D eigenvalue weighted by molar-refractivity contribution is 5.72. The van der Waals surface area contributed by atoms with E-state index in [-0.39, 0.29) is 22.3 Å². The fourth-order valence-electron chi connectivity index (χ4n) is 1.69. The molecule has 0 radical (unpaired) electrons. The van der Waals surface area contributed by atoms with E-state index in [0.29, 0.717) is 0 Å². The SMILES string of the molecule is N#Cc1cc(F)c(-c2ccccc2C#N)c(F)c1. The minimum Gasteiger partial charge on any atom is -0.206 e. The summed E-state index contributed by atoms with van der Waals surface area (Å²) >= 11 is 0. The van der Waals surface area contributed by atoms with Gasteiger partial charge < -0.3 is 0 Å². The minimum absolute atomic E-state index is 0.0943. The monoisotopic (exact) mass is 240 g/mol. The summed E-state index contributed by atoms with van der Waals surface area (Å²) in [4.78, 5) is 0. The fourth-order valence-corrected chi connectivity index (χ4v) is 1.69. The second kappa shape index (κ2) is 4.65. The molecule has 0 aliphatic carbocycles. The Morgan fingerprint density at radius 2 is 1.50 bits per heavy atom. The second-order valence-electron chi connectivity index (χ2n) is 3.58.